The van der Waals surface area contributed by atoms with Crippen molar-refractivity contribution in [1.82, 2.24) is 4.98 Å². The summed E-state index contributed by atoms with van der Waals surface area (Å²) in [4.78, 5) is 16.4. The minimum absolute atomic E-state index is 0.173. The Morgan fingerprint density at radius 1 is 1.26 bits per heavy atom. The molecule has 0 fully saturated rings. The van der Waals surface area contributed by atoms with Crippen molar-refractivity contribution in [2.45, 2.75) is 26.2 Å². The Morgan fingerprint density at radius 3 is 2.70 bits per heavy atom. The molecule has 0 aliphatic rings. The van der Waals surface area contributed by atoms with Crippen LogP contribution in [0.3, 0.4) is 0 Å². The van der Waals surface area contributed by atoms with Crippen LogP contribution >= 0.6 is 11.3 Å². The molecule has 142 valence electrons. The highest BCUT2D eigenvalue weighted by Crippen LogP contribution is 2.34. The number of carbonyl (C=O) groups excluding carboxylic acids is 1. The number of amides is 1. The Hall–Kier alpha value is -2.67. The van der Waals surface area contributed by atoms with Crippen LogP contribution in [-0.2, 0) is 10.2 Å². The fourth-order valence-electron chi connectivity index (χ4n) is 2.62. The number of hydrogen-bond acceptors (Lipinski definition) is 5. The van der Waals surface area contributed by atoms with E-state index in [2.05, 4.69) is 31.1 Å². The summed E-state index contributed by atoms with van der Waals surface area (Å²) in [5.74, 6) is 0.584. The van der Waals surface area contributed by atoms with E-state index in [1.54, 1.807) is 31.4 Å². The number of hydrogen-bond donors (Lipinski definition) is 1. The number of anilines is 1. The van der Waals surface area contributed by atoms with Crippen molar-refractivity contribution in [3.05, 3.63) is 47.8 Å². The third-order valence-corrected chi connectivity index (χ3v) is 4.91. The predicted octanol–water partition coefficient (Wildman–Crippen LogP) is 4.76. The third-order valence-electron chi connectivity index (χ3n) is 3.97. The van der Waals surface area contributed by atoms with Crippen molar-refractivity contribution in [3.8, 4) is 11.5 Å². The van der Waals surface area contributed by atoms with E-state index in [4.69, 9.17) is 9.47 Å². The number of aromatic nitrogens is 1. The number of benzene rings is 2. The molecule has 0 aliphatic carbocycles. The Bertz CT molecular complexity index is 979. The average Bonchev–Trinajstić information content (AvgIpc) is 3.03. The molecule has 1 amide bonds. The summed E-state index contributed by atoms with van der Waals surface area (Å²) in [6.45, 7) is 6.01. The lowest BCUT2D eigenvalue weighted by atomic mass is 9.86. The van der Waals surface area contributed by atoms with Gasteiger partial charge in [0.2, 0.25) is 0 Å². The summed E-state index contributed by atoms with van der Waals surface area (Å²) < 4.78 is 25.4. The number of carbonyl (C=O) groups is 1. The number of methoxy groups -OCH3 is 1. The van der Waals surface area contributed by atoms with E-state index >= 15 is 0 Å². The fourth-order valence-corrected chi connectivity index (χ4v) is 3.51. The molecule has 0 unspecified atom stereocenters. The summed E-state index contributed by atoms with van der Waals surface area (Å²) >= 11 is 1.22. The van der Waals surface area contributed by atoms with Crippen LogP contribution in [0.25, 0.3) is 10.2 Å². The number of rotatable bonds is 5. The molecule has 1 heterocycles. The Labute approximate surface area is 161 Å². The topological polar surface area (TPSA) is 60.5 Å². The maximum absolute atomic E-state index is 13.7. The van der Waals surface area contributed by atoms with E-state index in [1.165, 1.54) is 17.4 Å². The number of fused-ring (bicyclic) bond motifs is 1. The van der Waals surface area contributed by atoms with Gasteiger partial charge in [-0.2, -0.15) is 0 Å². The molecule has 0 atom stereocenters. The molecule has 2 aromatic carbocycles. The molecule has 0 bridgehead atoms. The number of nitrogens with zero attached hydrogens (tertiary/aromatic N) is 1. The second kappa shape index (κ2) is 7.52. The lowest BCUT2D eigenvalue weighted by molar-refractivity contribution is -0.118. The van der Waals surface area contributed by atoms with Gasteiger partial charge in [0.15, 0.2) is 11.7 Å². The minimum atomic E-state index is -0.409. The van der Waals surface area contributed by atoms with Gasteiger partial charge in [-0.15, -0.1) is 0 Å². The predicted molar refractivity (Wildman–Crippen MR) is 105 cm³/mol. The lowest BCUT2D eigenvalue weighted by Crippen LogP contribution is -2.22. The van der Waals surface area contributed by atoms with Gasteiger partial charge >= 0.3 is 0 Å². The SMILES string of the molecule is COc1ccc(OCC(=O)Nc2nc3c(F)cccc3s2)c(C(C)(C)C)c1. The minimum Gasteiger partial charge on any atom is -0.497 e. The lowest BCUT2D eigenvalue weighted by Gasteiger charge is -2.23. The number of para-hydroxylation sites is 1. The van der Waals surface area contributed by atoms with Gasteiger partial charge in [0, 0.05) is 5.56 Å². The number of halogens is 1. The summed E-state index contributed by atoms with van der Waals surface area (Å²) in [5.41, 5.74) is 1.02. The van der Waals surface area contributed by atoms with Gasteiger partial charge in [-0.3, -0.25) is 10.1 Å². The van der Waals surface area contributed by atoms with Crippen molar-refractivity contribution >= 4 is 32.6 Å². The van der Waals surface area contributed by atoms with Crippen molar-refractivity contribution in [2.24, 2.45) is 0 Å². The molecule has 27 heavy (non-hydrogen) atoms. The maximum atomic E-state index is 13.7. The first-order valence-electron chi connectivity index (χ1n) is 8.44. The summed E-state index contributed by atoms with van der Waals surface area (Å²) in [7, 11) is 1.61. The first kappa shape index (κ1) is 19.1. The largest absolute Gasteiger partial charge is 0.497 e. The van der Waals surface area contributed by atoms with Crippen molar-refractivity contribution < 1.29 is 18.7 Å². The third kappa shape index (κ3) is 4.36. The highest BCUT2D eigenvalue weighted by atomic mass is 32.1. The molecule has 3 rings (SSSR count). The van der Waals surface area contributed by atoms with E-state index in [9.17, 15) is 9.18 Å². The number of nitrogens with one attached hydrogen (secondary N) is 1. The van der Waals surface area contributed by atoms with Crippen LogP contribution in [-0.4, -0.2) is 24.6 Å². The standard InChI is InChI=1S/C20H21FN2O3S/c1-20(2,3)13-10-12(25-4)8-9-15(13)26-11-17(24)22-19-23-18-14(21)6-5-7-16(18)27-19/h5-10H,11H2,1-4H3,(H,22,23,24). The zero-order chi connectivity index (χ0) is 19.6. The summed E-state index contributed by atoms with van der Waals surface area (Å²) in [6, 6.07) is 10.2. The normalized spacial score (nSPS) is 11.4. The fraction of sp³-hybridized carbons (Fsp3) is 0.300. The van der Waals surface area contributed by atoms with Gasteiger partial charge in [-0.25, -0.2) is 9.37 Å². The maximum Gasteiger partial charge on any atom is 0.264 e. The molecule has 1 aromatic heterocycles. The van der Waals surface area contributed by atoms with Gasteiger partial charge < -0.3 is 9.47 Å². The van der Waals surface area contributed by atoms with Crippen molar-refractivity contribution in [3.63, 3.8) is 0 Å². The molecular formula is C20H21FN2O3S. The number of thiazole rings is 1. The van der Waals surface area contributed by atoms with Crippen LogP contribution in [0.5, 0.6) is 11.5 Å². The van der Waals surface area contributed by atoms with Crippen molar-refractivity contribution in [2.75, 3.05) is 19.0 Å². The van der Waals surface area contributed by atoms with Crippen LogP contribution in [0.1, 0.15) is 26.3 Å². The number of ether oxygens (including phenoxy) is 2. The smallest absolute Gasteiger partial charge is 0.264 e. The zero-order valence-corrected chi connectivity index (χ0v) is 16.4. The zero-order valence-electron chi connectivity index (χ0n) is 15.6. The monoisotopic (exact) mass is 388 g/mol. The van der Waals surface area contributed by atoms with Crippen LogP contribution in [0.2, 0.25) is 0 Å². The van der Waals surface area contributed by atoms with E-state index in [1.807, 2.05) is 6.07 Å². The molecule has 0 saturated heterocycles. The van der Waals surface area contributed by atoms with E-state index in [-0.39, 0.29) is 23.4 Å². The Morgan fingerprint density at radius 2 is 2.04 bits per heavy atom. The van der Waals surface area contributed by atoms with E-state index < -0.39 is 5.82 Å². The van der Waals surface area contributed by atoms with Gasteiger partial charge in [0.1, 0.15) is 22.8 Å². The molecule has 5 nitrogen and oxygen atoms in total. The molecule has 7 heteroatoms. The van der Waals surface area contributed by atoms with Crippen LogP contribution < -0.4 is 14.8 Å². The first-order valence-corrected chi connectivity index (χ1v) is 9.26. The Kier molecular flexibility index (Phi) is 5.32. The molecule has 0 radical (unpaired) electrons. The van der Waals surface area contributed by atoms with Crippen LogP contribution in [0.4, 0.5) is 9.52 Å². The quantitative estimate of drug-likeness (QED) is 0.685. The van der Waals surface area contributed by atoms with Gasteiger partial charge in [0.05, 0.1) is 11.8 Å². The van der Waals surface area contributed by atoms with Gasteiger partial charge in [0.25, 0.3) is 5.91 Å². The molecule has 0 spiro atoms. The van der Waals surface area contributed by atoms with Gasteiger partial charge in [-0.05, 0) is 35.7 Å². The molecule has 0 aliphatic heterocycles. The van der Waals surface area contributed by atoms with Crippen LogP contribution in [0.15, 0.2) is 36.4 Å². The summed E-state index contributed by atoms with van der Waals surface area (Å²) in [6.07, 6.45) is 0. The van der Waals surface area contributed by atoms with Gasteiger partial charge in [-0.1, -0.05) is 38.2 Å². The molecule has 0 saturated carbocycles. The second-order valence-electron chi connectivity index (χ2n) is 7.05. The Balaban J connectivity index is 1.71. The van der Waals surface area contributed by atoms with E-state index in [0.717, 1.165) is 11.3 Å². The average molecular weight is 388 g/mol. The first-order chi connectivity index (χ1) is 12.8. The molecular weight excluding hydrogens is 367 g/mol. The van der Waals surface area contributed by atoms with Crippen LogP contribution in [0, 0.1) is 5.82 Å². The highest BCUT2D eigenvalue weighted by Gasteiger charge is 2.21. The second-order valence-corrected chi connectivity index (χ2v) is 8.09. The van der Waals surface area contributed by atoms with E-state index in [0.29, 0.717) is 15.6 Å². The highest BCUT2D eigenvalue weighted by molar-refractivity contribution is 7.22. The molecule has 3 aromatic rings. The molecule has 1 N–H and O–H groups in total. The van der Waals surface area contributed by atoms with Crippen molar-refractivity contribution in [1.29, 1.82) is 0 Å². The summed E-state index contributed by atoms with van der Waals surface area (Å²) in [5, 5.41) is 3.00.